The van der Waals surface area contributed by atoms with Crippen LogP contribution in [-0.4, -0.2) is 42.0 Å². The summed E-state index contributed by atoms with van der Waals surface area (Å²) >= 11 is 1.61. The predicted octanol–water partition coefficient (Wildman–Crippen LogP) is 2.47. The van der Waals surface area contributed by atoms with Crippen LogP contribution in [0.5, 0.6) is 0 Å². The van der Waals surface area contributed by atoms with Crippen LogP contribution in [0.15, 0.2) is 21.2 Å². The van der Waals surface area contributed by atoms with Gasteiger partial charge in [0.1, 0.15) is 5.76 Å². The highest BCUT2D eigenvalue weighted by molar-refractivity contribution is 7.08. The molecule has 0 unspecified atom stereocenters. The molecule has 1 spiro atoms. The van der Waals surface area contributed by atoms with Crippen molar-refractivity contribution in [2.24, 2.45) is 5.41 Å². The minimum absolute atomic E-state index is 0.167. The smallest absolute Gasteiger partial charge is 0.228 e. The first-order chi connectivity index (χ1) is 11.2. The Morgan fingerprint density at radius 2 is 2.22 bits per heavy atom. The summed E-state index contributed by atoms with van der Waals surface area (Å²) in [5, 5.41) is 7.36. The second-order valence-corrected chi connectivity index (χ2v) is 7.48. The van der Waals surface area contributed by atoms with E-state index in [9.17, 15) is 4.79 Å². The molecule has 2 aromatic heterocycles. The predicted molar refractivity (Wildman–Crippen MR) is 89.4 cm³/mol. The van der Waals surface area contributed by atoms with Crippen LogP contribution in [0.1, 0.15) is 24.3 Å². The van der Waals surface area contributed by atoms with Gasteiger partial charge in [-0.3, -0.25) is 4.79 Å². The van der Waals surface area contributed by atoms with Gasteiger partial charge in [0.05, 0.1) is 12.1 Å². The fourth-order valence-corrected chi connectivity index (χ4v) is 4.05. The SMILES string of the molecule is Cc1oc(-c2ccsc2)nc1CC(=O)N1CCC2(CC1)CNC2. The van der Waals surface area contributed by atoms with E-state index in [1.807, 2.05) is 28.7 Å². The largest absolute Gasteiger partial charge is 0.441 e. The third kappa shape index (κ3) is 2.81. The molecule has 0 saturated carbocycles. The van der Waals surface area contributed by atoms with E-state index >= 15 is 0 Å². The lowest BCUT2D eigenvalue weighted by molar-refractivity contribution is -0.133. The number of hydrogen-bond donors (Lipinski definition) is 1. The molecular weight excluding hydrogens is 310 g/mol. The second kappa shape index (κ2) is 5.76. The van der Waals surface area contributed by atoms with E-state index in [4.69, 9.17) is 4.42 Å². The number of hydrogen-bond acceptors (Lipinski definition) is 5. The van der Waals surface area contributed by atoms with Crippen molar-refractivity contribution in [1.29, 1.82) is 0 Å². The summed E-state index contributed by atoms with van der Waals surface area (Å²) in [6.07, 6.45) is 2.57. The molecule has 0 aromatic carbocycles. The Kier molecular flexibility index (Phi) is 3.73. The Morgan fingerprint density at radius 1 is 1.43 bits per heavy atom. The van der Waals surface area contributed by atoms with Gasteiger partial charge in [0.25, 0.3) is 0 Å². The molecule has 4 heterocycles. The van der Waals surface area contributed by atoms with Crippen LogP contribution in [0.4, 0.5) is 0 Å². The number of rotatable bonds is 3. The lowest BCUT2D eigenvalue weighted by Crippen LogP contribution is -2.58. The highest BCUT2D eigenvalue weighted by Gasteiger charge is 2.40. The Labute approximate surface area is 139 Å². The first-order valence-corrected chi connectivity index (χ1v) is 9.07. The summed E-state index contributed by atoms with van der Waals surface area (Å²) in [5.41, 5.74) is 2.21. The van der Waals surface area contributed by atoms with Gasteiger partial charge in [0.2, 0.25) is 11.8 Å². The van der Waals surface area contributed by atoms with E-state index in [-0.39, 0.29) is 5.91 Å². The van der Waals surface area contributed by atoms with Crippen molar-refractivity contribution in [3.8, 4) is 11.5 Å². The molecule has 0 radical (unpaired) electrons. The molecule has 5 nitrogen and oxygen atoms in total. The fraction of sp³-hybridized carbons (Fsp3) is 0.529. The van der Waals surface area contributed by atoms with Gasteiger partial charge in [-0.25, -0.2) is 4.98 Å². The van der Waals surface area contributed by atoms with Crippen molar-refractivity contribution in [1.82, 2.24) is 15.2 Å². The van der Waals surface area contributed by atoms with E-state index in [2.05, 4.69) is 10.3 Å². The van der Waals surface area contributed by atoms with Gasteiger partial charge in [-0.1, -0.05) is 0 Å². The standard InChI is InChI=1S/C17H21N3O2S/c1-12-14(19-16(22-12)13-2-7-23-9-13)8-15(21)20-5-3-17(4-6-20)10-18-11-17/h2,7,9,18H,3-6,8,10-11H2,1H3. The molecule has 0 bridgehead atoms. The number of nitrogens with one attached hydrogen (secondary N) is 1. The molecule has 2 fully saturated rings. The normalized spacial score (nSPS) is 19.8. The zero-order valence-electron chi connectivity index (χ0n) is 13.3. The van der Waals surface area contributed by atoms with Gasteiger partial charge in [0, 0.05) is 37.1 Å². The van der Waals surface area contributed by atoms with E-state index in [0.29, 0.717) is 17.7 Å². The number of carbonyl (C=O) groups excluding carboxylic acids is 1. The van der Waals surface area contributed by atoms with E-state index in [0.717, 1.165) is 56.0 Å². The molecule has 2 aliphatic rings. The van der Waals surface area contributed by atoms with Gasteiger partial charge >= 0.3 is 0 Å². The molecule has 2 aromatic rings. The Morgan fingerprint density at radius 3 is 2.83 bits per heavy atom. The maximum atomic E-state index is 12.6. The zero-order chi connectivity index (χ0) is 15.9. The number of aryl methyl sites for hydroxylation is 1. The second-order valence-electron chi connectivity index (χ2n) is 6.70. The summed E-state index contributed by atoms with van der Waals surface area (Å²) in [6, 6.07) is 1.98. The number of nitrogens with zero attached hydrogens (tertiary/aromatic N) is 2. The number of thiophene rings is 1. The summed E-state index contributed by atoms with van der Waals surface area (Å²) in [5.74, 6) is 1.53. The summed E-state index contributed by atoms with van der Waals surface area (Å²) in [7, 11) is 0. The first-order valence-electron chi connectivity index (χ1n) is 8.13. The van der Waals surface area contributed by atoms with E-state index in [1.54, 1.807) is 11.3 Å². The Hall–Kier alpha value is -1.66. The molecule has 2 saturated heterocycles. The molecule has 0 atom stereocenters. The van der Waals surface area contributed by atoms with Crippen molar-refractivity contribution in [3.63, 3.8) is 0 Å². The molecule has 1 amide bonds. The maximum absolute atomic E-state index is 12.6. The number of aromatic nitrogens is 1. The molecule has 23 heavy (non-hydrogen) atoms. The summed E-state index contributed by atoms with van der Waals surface area (Å²) in [6.45, 7) is 5.85. The molecular formula is C17H21N3O2S. The quantitative estimate of drug-likeness (QED) is 0.939. The van der Waals surface area contributed by atoms with Crippen LogP contribution in [0.25, 0.3) is 11.5 Å². The van der Waals surface area contributed by atoms with Crippen LogP contribution < -0.4 is 5.32 Å². The molecule has 4 rings (SSSR count). The van der Waals surface area contributed by atoms with Gasteiger partial charge in [-0.05, 0) is 36.6 Å². The van der Waals surface area contributed by atoms with Crippen LogP contribution >= 0.6 is 11.3 Å². The average molecular weight is 331 g/mol. The van der Waals surface area contributed by atoms with Gasteiger partial charge in [0.15, 0.2) is 0 Å². The molecule has 1 N–H and O–H groups in total. The summed E-state index contributed by atoms with van der Waals surface area (Å²) in [4.78, 5) is 19.1. The highest BCUT2D eigenvalue weighted by atomic mass is 32.1. The Balaban J connectivity index is 1.41. The first kappa shape index (κ1) is 14.9. The number of amides is 1. The summed E-state index contributed by atoms with van der Waals surface area (Å²) < 4.78 is 5.72. The van der Waals surface area contributed by atoms with Crippen molar-refractivity contribution < 1.29 is 9.21 Å². The van der Waals surface area contributed by atoms with Crippen molar-refractivity contribution in [3.05, 3.63) is 28.3 Å². The van der Waals surface area contributed by atoms with Crippen molar-refractivity contribution >= 4 is 17.2 Å². The van der Waals surface area contributed by atoms with E-state index in [1.165, 1.54) is 0 Å². The fourth-order valence-electron chi connectivity index (χ4n) is 3.42. The minimum Gasteiger partial charge on any atom is -0.441 e. The lowest BCUT2D eigenvalue weighted by Gasteiger charge is -2.48. The lowest BCUT2D eigenvalue weighted by atomic mass is 9.73. The van der Waals surface area contributed by atoms with Crippen molar-refractivity contribution in [2.75, 3.05) is 26.2 Å². The zero-order valence-corrected chi connectivity index (χ0v) is 14.1. The Bertz CT molecular complexity index is 694. The monoisotopic (exact) mass is 331 g/mol. The maximum Gasteiger partial charge on any atom is 0.228 e. The number of likely N-dealkylation sites (tertiary alicyclic amines) is 1. The van der Waals surface area contributed by atoms with Crippen LogP contribution in [-0.2, 0) is 11.2 Å². The molecule has 122 valence electrons. The molecule has 6 heteroatoms. The van der Waals surface area contributed by atoms with Gasteiger partial charge in [-0.2, -0.15) is 11.3 Å². The van der Waals surface area contributed by atoms with E-state index < -0.39 is 0 Å². The average Bonchev–Trinajstić information content (AvgIpc) is 3.16. The number of carbonyl (C=O) groups is 1. The van der Waals surface area contributed by atoms with Crippen LogP contribution in [0.3, 0.4) is 0 Å². The molecule has 0 aliphatic carbocycles. The highest BCUT2D eigenvalue weighted by Crippen LogP contribution is 2.35. The minimum atomic E-state index is 0.167. The third-order valence-corrected chi connectivity index (χ3v) is 5.84. The van der Waals surface area contributed by atoms with Gasteiger partial charge in [-0.15, -0.1) is 0 Å². The van der Waals surface area contributed by atoms with Crippen LogP contribution in [0.2, 0.25) is 0 Å². The van der Waals surface area contributed by atoms with Crippen molar-refractivity contribution in [2.45, 2.75) is 26.2 Å². The van der Waals surface area contributed by atoms with Crippen LogP contribution in [0, 0.1) is 12.3 Å². The molecule has 2 aliphatic heterocycles. The third-order valence-electron chi connectivity index (χ3n) is 5.16. The number of oxazole rings is 1. The van der Waals surface area contributed by atoms with Gasteiger partial charge < -0.3 is 14.6 Å². The number of piperidine rings is 1. The topological polar surface area (TPSA) is 58.4 Å².